The lowest BCUT2D eigenvalue weighted by molar-refractivity contribution is -0.136. The molecule has 1 saturated carbocycles. The number of carbonyl (C=O) groups excluding carboxylic acids is 4. The van der Waals surface area contributed by atoms with Gasteiger partial charge >= 0.3 is 0 Å². The van der Waals surface area contributed by atoms with Crippen molar-refractivity contribution in [3.8, 4) is 0 Å². The molecule has 3 aliphatic rings. The van der Waals surface area contributed by atoms with E-state index in [-0.39, 0.29) is 60.3 Å². The van der Waals surface area contributed by atoms with Crippen molar-refractivity contribution in [2.45, 2.75) is 50.0 Å². The third-order valence-electron chi connectivity index (χ3n) is 6.42. The van der Waals surface area contributed by atoms with Gasteiger partial charge in [0.05, 0.1) is 16.9 Å². The average Bonchev–Trinajstić information content (AvgIpc) is 3.45. The van der Waals surface area contributed by atoms with Gasteiger partial charge in [-0.2, -0.15) is 0 Å². The number of hydrogen-bond acceptors (Lipinski definition) is 5. The number of pyridine rings is 1. The van der Waals surface area contributed by atoms with Crippen LogP contribution < -0.4 is 10.6 Å². The third kappa shape index (κ3) is 3.91. The molecule has 2 N–H and O–H groups in total. The Balaban J connectivity index is 1.37. The van der Waals surface area contributed by atoms with E-state index in [0.717, 1.165) is 12.3 Å². The van der Waals surface area contributed by atoms with E-state index in [1.807, 2.05) is 0 Å². The fourth-order valence-electron chi connectivity index (χ4n) is 4.42. The van der Waals surface area contributed by atoms with Crippen LogP contribution in [0.15, 0.2) is 30.5 Å². The van der Waals surface area contributed by atoms with Gasteiger partial charge in [-0.15, -0.1) is 0 Å². The number of nitrogens with zero attached hydrogens (tertiary/aromatic N) is 2. The summed E-state index contributed by atoms with van der Waals surface area (Å²) in [5, 5.41) is 4.77. The number of benzene rings is 1. The number of amides is 4. The number of alkyl halides is 1. The van der Waals surface area contributed by atoms with Crippen LogP contribution in [0, 0.1) is 5.82 Å². The van der Waals surface area contributed by atoms with E-state index in [1.165, 1.54) is 23.1 Å². The molecule has 1 saturated heterocycles. The molecule has 1 unspecified atom stereocenters. The number of rotatable bonds is 5. The summed E-state index contributed by atoms with van der Waals surface area (Å²) in [6.45, 7) is 0.101. The van der Waals surface area contributed by atoms with Crippen molar-refractivity contribution in [3.63, 3.8) is 0 Å². The Kier molecular flexibility index (Phi) is 5.35. The highest BCUT2D eigenvalue weighted by atomic mass is 35.5. The summed E-state index contributed by atoms with van der Waals surface area (Å²) < 4.78 is 28.5. The third-order valence-corrected chi connectivity index (χ3v) is 6.72. The number of nitrogens with one attached hydrogen (secondary N) is 2. The van der Waals surface area contributed by atoms with Crippen molar-refractivity contribution >= 4 is 35.2 Å². The van der Waals surface area contributed by atoms with E-state index in [0.29, 0.717) is 11.1 Å². The predicted molar refractivity (Wildman–Crippen MR) is 115 cm³/mol. The number of halogens is 3. The maximum atomic E-state index is 15.1. The quantitative estimate of drug-likeness (QED) is 0.629. The first-order valence-electron chi connectivity index (χ1n) is 10.7. The predicted octanol–water partition coefficient (Wildman–Crippen LogP) is 2.61. The highest BCUT2D eigenvalue weighted by Gasteiger charge is 2.53. The number of aromatic nitrogens is 1. The first-order valence-corrected chi connectivity index (χ1v) is 11.1. The second kappa shape index (κ2) is 8.12. The minimum Gasteiger partial charge on any atom is -0.340 e. The molecule has 34 heavy (non-hydrogen) atoms. The van der Waals surface area contributed by atoms with Gasteiger partial charge in [-0.25, -0.2) is 8.78 Å². The standard InChI is InChI=1S/C23H19ClF2N4O4/c24-15-8-13(25)9-27-18(15)19(23(26)5-6-23)29-20(32)11-1-2-14-12(7-11)10-30(22(14)34)16-3-4-17(31)28-21(16)33/h1-2,7-9,16,19H,3-6,10H2,(H,29,32)(H,28,31,33)/t16?,19-/m1/s1. The Morgan fingerprint density at radius 1 is 1.26 bits per heavy atom. The number of fused-ring (bicyclic) bond motifs is 1. The van der Waals surface area contributed by atoms with Crippen molar-refractivity contribution in [1.29, 1.82) is 0 Å². The minimum atomic E-state index is -1.74. The maximum absolute atomic E-state index is 15.1. The smallest absolute Gasteiger partial charge is 0.255 e. The molecule has 4 amide bonds. The van der Waals surface area contributed by atoms with Gasteiger partial charge in [0.15, 0.2) is 0 Å². The Labute approximate surface area is 197 Å². The van der Waals surface area contributed by atoms with Crippen molar-refractivity contribution in [3.05, 3.63) is 63.7 Å². The van der Waals surface area contributed by atoms with Crippen LogP contribution >= 0.6 is 11.6 Å². The zero-order chi connectivity index (χ0) is 24.2. The van der Waals surface area contributed by atoms with Gasteiger partial charge in [-0.05, 0) is 49.1 Å². The SMILES string of the molecule is O=C1CCC(N2Cc3cc(C(=O)N[C@H](c4ncc(F)cc4Cl)C4(F)CC4)ccc3C2=O)C(=O)N1. The number of piperidine rings is 1. The summed E-state index contributed by atoms with van der Waals surface area (Å²) in [5.74, 6) is -2.55. The largest absolute Gasteiger partial charge is 0.340 e. The molecule has 3 heterocycles. The molecule has 2 aromatic rings. The van der Waals surface area contributed by atoms with Crippen LogP contribution in [0.25, 0.3) is 0 Å². The van der Waals surface area contributed by atoms with Crippen molar-refractivity contribution in [1.82, 2.24) is 20.5 Å². The molecule has 2 atom stereocenters. The monoisotopic (exact) mass is 488 g/mol. The lowest BCUT2D eigenvalue weighted by Gasteiger charge is -2.29. The molecule has 0 radical (unpaired) electrons. The van der Waals surface area contributed by atoms with E-state index in [4.69, 9.17) is 11.6 Å². The first-order chi connectivity index (χ1) is 16.2. The molecule has 8 nitrogen and oxygen atoms in total. The van der Waals surface area contributed by atoms with E-state index in [9.17, 15) is 23.6 Å². The van der Waals surface area contributed by atoms with Gasteiger partial charge in [-0.1, -0.05) is 11.6 Å². The fraction of sp³-hybridized carbons (Fsp3) is 0.348. The molecular weight excluding hydrogens is 470 g/mol. The van der Waals surface area contributed by atoms with E-state index < -0.39 is 35.4 Å². The Hall–Kier alpha value is -3.40. The summed E-state index contributed by atoms with van der Waals surface area (Å²) in [6.07, 6.45) is 1.68. The Morgan fingerprint density at radius 2 is 2.03 bits per heavy atom. The molecular formula is C23H19ClF2N4O4. The van der Waals surface area contributed by atoms with Crippen LogP contribution in [0.2, 0.25) is 5.02 Å². The zero-order valence-electron chi connectivity index (χ0n) is 17.7. The molecule has 176 valence electrons. The zero-order valence-corrected chi connectivity index (χ0v) is 18.5. The van der Waals surface area contributed by atoms with E-state index >= 15 is 4.39 Å². The molecule has 2 fully saturated rings. The maximum Gasteiger partial charge on any atom is 0.255 e. The van der Waals surface area contributed by atoms with Crippen LogP contribution in [0.3, 0.4) is 0 Å². The molecule has 1 aromatic heterocycles. The van der Waals surface area contributed by atoms with Gasteiger partial charge < -0.3 is 10.2 Å². The highest BCUT2D eigenvalue weighted by molar-refractivity contribution is 6.31. The summed E-state index contributed by atoms with van der Waals surface area (Å²) in [7, 11) is 0. The lowest BCUT2D eigenvalue weighted by atomic mass is 10.0. The summed E-state index contributed by atoms with van der Waals surface area (Å²) in [6, 6.07) is 3.52. The number of hydrogen-bond donors (Lipinski definition) is 2. The summed E-state index contributed by atoms with van der Waals surface area (Å²) in [5.41, 5.74) is -0.622. The Bertz CT molecular complexity index is 1250. The van der Waals surface area contributed by atoms with Crippen LogP contribution in [0.5, 0.6) is 0 Å². The normalized spacial score (nSPS) is 21.7. The van der Waals surface area contributed by atoms with Gasteiger partial charge in [0.1, 0.15) is 23.6 Å². The molecule has 1 aromatic carbocycles. The molecule has 0 bridgehead atoms. The van der Waals surface area contributed by atoms with Gasteiger partial charge in [0.2, 0.25) is 11.8 Å². The Morgan fingerprint density at radius 3 is 2.71 bits per heavy atom. The van der Waals surface area contributed by atoms with Crippen LogP contribution in [0.1, 0.15) is 63.7 Å². The van der Waals surface area contributed by atoms with Gasteiger partial charge in [0, 0.05) is 24.1 Å². The van der Waals surface area contributed by atoms with Crippen molar-refractivity contribution < 1.29 is 28.0 Å². The summed E-state index contributed by atoms with van der Waals surface area (Å²) in [4.78, 5) is 54.7. The second-order valence-electron chi connectivity index (χ2n) is 8.73. The second-order valence-corrected chi connectivity index (χ2v) is 9.14. The average molecular weight is 489 g/mol. The number of imide groups is 1. The van der Waals surface area contributed by atoms with Gasteiger partial charge in [-0.3, -0.25) is 29.5 Å². The molecule has 11 heteroatoms. The molecule has 1 aliphatic carbocycles. The van der Waals surface area contributed by atoms with Crippen molar-refractivity contribution in [2.75, 3.05) is 0 Å². The van der Waals surface area contributed by atoms with Crippen molar-refractivity contribution in [2.24, 2.45) is 0 Å². The van der Waals surface area contributed by atoms with Crippen LogP contribution in [0.4, 0.5) is 8.78 Å². The first kappa shape index (κ1) is 22.4. The van der Waals surface area contributed by atoms with E-state index in [2.05, 4.69) is 15.6 Å². The highest BCUT2D eigenvalue weighted by Crippen LogP contribution is 2.50. The van der Waals surface area contributed by atoms with E-state index in [1.54, 1.807) is 0 Å². The molecule has 0 spiro atoms. The van der Waals surface area contributed by atoms with Crippen LogP contribution in [-0.4, -0.2) is 45.2 Å². The summed E-state index contributed by atoms with van der Waals surface area (Å²) >= 11 is 6.07. The fourth-order valence-corrected chi connectivity index (χ4v) is 4.68. The van der Waals surface area contributed by atoms with Crippen LogP contribution in [-0.2, 0) is 16.1 Å². The minimum absolute atomic E-state index is 0.0387. The lowest BCUT2D eigenvalue weighted by Crippen LogP contribution is -2.52. The van der Waals surface area contributed by atoms with Gasteiger partial charge in [0.25, 0.3) is 11.8 Å². The molecule has 2 aliphatic heterocycles. The number of carbonyl (C=O) groups is 4. The topological polar surface area (TPSA) is 108 Å². The molecule has 5 rings (SSSR count).